The zero-order chi connectivity index (χ0) is 21.5. The van der Waals surface area contributed by atoms with Gasteiger partial charge in [0.15, 0.2) is 11.2 Å². The number of nitrogens with zero attached hydrogens (tertiary/aromatic N) is 4. The van der Waals surface area contributed by atoms with E-state index in [0.29, 0.717) is 29.5 Å². The van der Waals surface area contributed by atoms with E-state index in [-0.39, 0.29) is 25.0 Å². The molecule has 0 atom stereocenters. The highest BCUT2D eigenvalue weighted by molar-refractivity contribution is 5.77. The molecule has 0 spiro atoms. The van der Waals surface area contributed by atoms with Crippen LogP contribution in [0.1, 0.15) is 38.2 Å². The Hall–Kier alpha value is -3.16. The average Bonchev–Trinajstić information content (AvgIpc) is 3.71. The maximum Gasteiger partial charge on any atom is 0.333 e. The molecule has 1 aromatic carbocycles. The molecular weight excluding hydrogens is 394 g/mol. The molecule has 162 valence electrons. The molecule has 2 fully saturated rings. The summed E-state index contributed by atoms with van der Waals surface area (Å²) in [6.45, 7) is 2.48. The van der Waals surface area contributed by atoms with E-state index < -0.39 is 11.2 Å². The van der Waals surface area contributed by atoms with Gasteiger partial charge in [-0.05, 0) is 50.0 Å². The molecular formula is C23H27N5O3. The first-order chi connectivity index (χ1) is 15.1. The van der Waals surface area contributed by atoms with Crippen LogP contribution in [0.5, 0.6) is 0 Å². The summed E-state index contributed by atoms with van der Waals surface area (Å²) in [5, 5.41) is 3.11. The molecule has 1 amide bonds. The number of benzene rings is 1. The molecule has 2 aromatic heterocycles. The highest BCUT2D eigenvalue weighted by Gasteiger charge is 2.42. The average molecular weight is 422 g/mol. The van der Waals surface area contributed by atoms with Crippen LogP contribution in [0.4, 0.5) is 0 Å². The molecule has 8 heteroatoms. The van der Waals surface area contributed by atoms with Crippen molar-refractivity contribution in [2.75, 3.05) is 0 Å². The van der Waals surface area contributed by atoms with E-state index in [4.69, 9.17) is 0 Å². The van der Waals surface area contributed by atoms with Crippen molar-refractivity contribution in [3.63, 3.8) is 0 Å². The number of carbonyl (C=O) groups excluding carboxylic acids is 1. The number of carbonyl (C=O) groups is 1. The first-order valence-corrected chi connectivity index (χ1v) is 11.1. The summed E-state index contributed by atoms with van der Waals surface area (Å²) < 4.78 is 4.28. The van der Waals surface area contributed by atoms with E-state index in [0.717, 1.165) is 35.8 Å². The van der Waals surface area contributed by atoms with Gasteiger partial charge in [0.25, 0.3) is 5.56 Å². The Balaban J connectivity index is 1.53. The Labute approximate surface area is 179 Å². The van der Waals surface area contributed by atoms with Gasteiger partial charge < -0.3 is 9.88 Å². The molecule has 5 rings (SSSR count). The Bertz CT molecular complexity index is 1220. The Morgan fingerprint density at radius 1 is 1.10 bits per heavy atom. The molecule has 0 bridgehead atoms. The van der Waals surface area contributed by atoms with E-state index in [1.807, 2.05) is 37.3 Å². The smallest absolute Gasteiger partial charge is 0.333 e. The topological polar surface area (TPSA) is 90.9 Å². The predicted molar refractivity (Wildman–Crippen MR) is 117 cm³/mol. The van der Waals surface area contributed by atoms with E-state index in [9.17, 15) is 14.4 Å². The fraction of sp³-hybridized carbons (Fsp3) is 0.478. The number of imidazole rings is 1. The second-order valence-electron chi connectivity index (χ2n) is 8.72. The second-order valence-corrected chi connectivity index (χ2v) is 8.72. The number of hydrogen-bond acceptors (Lipinski definition) is 4. The van der Waals surface area contributed by atoms with Crippen molar-refractivity contribution in [2.24, 2.45) is 11.8 Å². The quantitative estimate of drug-likeness (QED) is 0.600. The zero-order valence-electron chi connectivity index (χ0n) is 17.7. The summed E-state index contributed by atoms with van der Waals surface area (Å²) in [4.78, 5) is 43.7. The monoisotopic (exact) mass is 421 g/mol. The van der Waals surface area contributed by atoms with Gasteiger partial charge in [-0.1, -0.05) is 30.3 Å². The van der Waals surface area contributed by atoms with E-state index in [1.54, 1.807) is 10.9 Å². The number of aromatic nitrogens is 4. The third kappa shape index (κ3) is 3.82. The second kappa shape index (κ2) is 7.83. The molecule has 2 heterocycles. The molecule has 2 aliphatic carbocycles. The van der Waals surface area contributed by atoms with E-state index in [1.165, 1.54) is 4.57 Å². The van der Waals surface area contributed by atoms with Crippen LogP contribution in [-0.2, 0) is 24.4 Å². The number of fused-ring (bicyclic) bond motifs is 1. The minimum Gasteiger partial charge on any atom is -0.351 e. The molecule has 0 saturated heterocycles. The maximum atomic E-state index is 13.3. The number of hydrogen-bond donors (Lipinski definition) is 1. The highest BCUT2D eigenvalue weighted by atomic mass is 16.2. The van der Waals surface area contributed by atoms with Gasteiger partial charge in [0.1, 0.15) is 6.54 Å². The molecule has 0 unspecified atom stereocenters. The Morgan fingerprint density at radius 3 is 2.39 bits per heavy atom. The van der Waals surface area contributed by atoms with Crippen LogP contribution in [0, 0.1) is 11.8 Å². The van der Waals surface area contributed by atoms with Gasteiger partial charge in [0.2, 0.25) is 5.91 Å². The standard InChI is InChI=1S/C23H27N5O3/c1-2-26-14-24-21-20(26)22(30)28(23(31)27(21)12-15-6-4-3-5-7-15)13-18(29)25-19(16-8-9-16)17-10-11-17/h3-7,14,16-17,19H,2,8-13H2,1H3,(H,25,29). The van der Waals surface area contributed by atoms with Crippen LogP contribution in [0.3, 0.4) is 0 Å². The Morgan fingerprint density at radius 2 is 1.77 bits per heavy atom. The van der Waals surface area contributed by atoms with Gasteiger partial charge in [-0.3, -0.25) is 14.2 Å². The largest absolute Gasteiger partial charge is 0.351 e. The van der Waals surface area contributed by atoms with Gasteiger partial charge in [-0.15, -0.1) is 0 Å². The zero-order valence-corrected chi connectivity index (χ0v) is 17.7. The molecule has 0 radical (unpaired) electrons. The fourth-order valence-electron chi connectivity index (χ4n) is 4.43. The lowest BCUT2D eigenvalue weighted by Crippen LogP contribution is -2.47. The van der Waals surface area contributed by atoms with Crippen LogP contribution < -0.4 is 16.6 Å². The number of amides is 1. The minimum atomic E-state index is -0.507. The third-order valence-electron chi connectivity index (χ3n) is 6.40. The van der Waals surface area contributed by atoms with Crippen molar-refractivity contribution in [2.45, 2.75) is 58.3 Å². The summed E-state index contributed by atoms with van der Waals surface area (Å²) >= 11 is 0. The summed E-state index contributed by atoms with van der Waals surface area (Å²) in [5.41, 5.74) is 0.660. The van der Waals surface area contributed by atoms with Gasteiger partial charge in [0.05, 0.1) is 12.9 Å². The minimum absolute atomic E-state index is 0.180. The lowest BCUT2D eigenvalue weighted by atomic mass is 10.1. The molecule has 1 N–H and O–H groups in total. The third-order valence-corrected chi connectivity index (χ3v) is 6.40. The van der Waals surface area contributed by atoms with Crippen LogP contribution in [-0.4, -0.2) is 30.6 Å². The van der Waals surface area contributed by atoms with Crippen molar-refractivity contribution in [3.05, 3.63) is 63.1 Å². The van der Waals surface area contributed by atoms with Gasteiger partial charge in [-0.25, -0.2) is 14.3 Å². The summed E-state index contributed by atoms with van der Waals surface area (Å²) in [6, 6.07) is 9.75. The summed E-state index contributed by atoms with van der Waals surface area (Å²) in [5.74, 6) is 0.829. The van der Waals surface area contributed by atoms with Crippen molar-refractivity contribution in [3.8, 4) is 0 Å². The van der Waals surface area contributed by atoms with Crippen molar-refractivity contribution < 1.29 is 4.79 Å². The van der Waals surface area contributed by atoms with Crippen molar-refractivity contribution in [1.29, 1.82) is 0 Å². The van der Waals surface area contributed by atoms with E-state index in [2.05, 4.69) is 10.3 Å². The van der Waals surface area contributed by atoms with Crippen LogP contribution in [0.2, 0.25) is 0 Å². The van der Waals surface area contributed by atoms with Crippen molar-refractivity contribution in [1.82, 2.24) is 24.0 Å². The molecule has 31 heavy (non-hydrogen) atoms. The highest BCUT2D eigenvalue weighted by Crippen LogP contribution is 2.44. The van der Waals surface area contributed by atoms with Crippen molar-refractivity contribution >= 4 is 17.1 Å². The molecule has 2 saturated carbocycles. The first kappa shape index (κ1) is 19.8. The SMILES string of the molecule is CCn1cnc2c1c(=O)n(CC(=O)NC(C1CC1)C1CC1)c(=O)n2Cc1ccccc1. The molecule has 3 aromatic rings. The van der Waals surface area contributed by atoms with Crippen LogP contribution >= 0.6 is 0 Å². The first-order valence-electron chi connectivity index (χ1n) is 11.1. The van der Waals surface area contributed by atoms with Gasteiger partial charge in [0, 0.05) is 12.6 Å². The summed E-state index contributed by atoms with van der Waals surface area (Å²) in [7, 11) is 0. The number of rotatable bonds is 8. The number of aryl methyl sites for hydroxylation is 1. The maximum absolute atomic E-state index is 13.3. The summed E-state index contributed by atoms with van der Waals surface area (Å²) in [6.07, 6.45) is 6.16. The predicted octanol–water partition coefficient (Wildman–Crippen LogP) is 1.73. The lowest BCUT2D eigenvalue weighted by molar-refractivity contribution is -0.122. The number of nitrogens with one attached hydrogen (secondary N) is 1. The van der Waals surface area contributed by atoms with Gasteiger partial charge >= 0.3 is 5.69 Å². The van der Waals surface area contributed by atoms with Crippen LogP contribution in [0.15, 0.2) is 46.2 Å². The molecule has 2 aliphatic rings. The normalized spacial score (nSPS) is 16.2. The van der Waals surface area contributed by atoms with Gasteiger partial charge in [-0.2, -0.15) is 0 Å². The molecule has 0 aliphatic heterocycles. The lowest BCUT2D eigenvalue weighted by Gasteiger charge is -2.18. The van der Waals surface area contributed by atoms with Crippen LogP contribution in [0.25, 0.3) is 11.2 Å². The van der Waals surface area contributed by atoms with E-state index >= 15 is 0 Å². The molecule has 8 nitrogen and oxygen atoms in total. The fourth-order valence-corrected chi connectivity index (χ4v) is 4.43. The Kier molecular flexibility index (Phi) is 5.00.